The molecule has 0 bridgehead atoms. The van der Waals surface area contributed by atoms with Crippen LogP contribution in [-0.4, -0.2) is 31.1 Å². The highest BCUT2D eigenvalue weighted by molar-refractivity contribution is 4.81. The number of nitrogens with zero attached hydrogens (tertiary/aromatic N) is 1. The van der Waals surface area contributed by atoms with E-state index in [9.17, 15) is 0 Å². The topological polar surface area (TPSA) is 15.3 Å². The molecule has 0 atom stereocenters. The van der Waals surface area contributed by atoms with Crippen LogP contribution in [-0.2, 0) is 0 Å². The third-order valence-corrected chi connectivity index (χ3v) is 1.68. The van der Waals surface area contributed by atoms with Crippen molar-refractivity contribution < 1.29 is 0 Å². The van der Waals surface area contributed by atoms with E-state index >= 15 is 0 Å². The lowest BCUT2D eigenvalue weighted by Gasteiger charge is -2.25. The minimum atomic E-state index is 1.00. The van der Waals surface area contributed by atoms with Gasteiger partial charge in [-0.15, -0.1) is 6.58 Å². The summed E-state index contributed by atoms with van der Waals surface area (Å²) in [5.74, 6) is 0. The molecule has 0 unspecified atom stereocenters. The predicted molar refractivity (Wildman–Crippen MR) is 43.6 cm³/mol. The minimum absolute atomic E-state index is 1.00. The Morgan fingerprint density at radius 1 is 1.40 bits per heavy atom. The molecule has 1 radical (unpaired) electrons. The monoisotopic (exact) mass is 139 g/mol. The summed E-state index contributed by atoms with van der Waals surface area (Å²) in [7, 11) is 0. The first-order chi connectivity index (χ1) is 4.93. The molecule has 2 heteroatoms. The Morgan fingerprint density at radius 3 is 2.70 bits per heavy atom. The standard InChI is InChI=1S/C8H15N2/c1-2-3-6-10-7-4-9-5-8-10/h2,6,9H,1,3-5,7-8H2. The lowest BCUT2D eigenvalue weighted by atomic mass is 10.3. The second-order valence-electron chi connectivity index (χ2n) is 2.49. The van der Waals surface area contributed by atoms with Crippen LogP contribution in [0.25, 0.3) is 0 Å². The normalized spacial score (nSPS) is 20.8. The molecule has 1 saturated heterocycles. The summed E-state index contributed by atoms with van der Waals surface area (Å²) in [6.45, 7) is 10.4. The smallest absolute Gasteiger partial charge is 0.0290 e. The maximum absolute atomic E-state index is 3.67. The summed E-state index contributed by atoms with van der Waals surface area (Å²) in [4.78, 5) is 2.35. The van der Waals surface area contributed by atoms with Gasteiger partial charge in [0.25, 0.3) is 0 Å². The minimum Gasteiger partial charge on any atom is -0.314 e. The van der Waals surface area contributed by atoms with Crippen LogP contribution in [0.5, 0.6) is 0 Å². The second kappa shape index (κ2) is 4.47. The predicted octanol–water partition coefficient (Wildman–Crippen LogP) is 0.629. The molecule has 0 aromatic carbocycles. The summed E-state index contributed by atoms with van der Waals surface area (Å²) in [6.07, 6.45) is 2.93. The van der Waals surface area contributed by atoms with Gasteiger partial charge in [0, 0.05) is 32.7 Å². The van der Waals surface area contributed by atoms with E-state index in [0.29, 0.717) is 0 Å². The Kier molecular flexibility index (Phi) is 3.47. The molecule has 1 fully saturated rings. The average Bonchev–Trinajstić information content (AvgIpc) is 2.03. The van der Waals surface area contributed by atoms with Crippen molar-refractivity contribution in [2.75, 3.05) is 26.2 Å². The van der Waals surface area contributed by atoms with Gasteiger partial charge in [0.15, 0.2) is 0 Å². The van der Waals surface area contributed by atoms with Crippen molar-refractivity contribution in [1.29, 1.82) is 0 Å². The molecule has 10 heavy (non-hydrogen) atoms. The molecule has 1 heterocycles. The van der Waals surface area contributed by atoms with Gasteiger partial charge in [-0.2, -0.15) is 0 Å². The van der Waals surface area contributed by atoms with E-state index in [1.807, 2.05) is 6.08 Å². The van der Waals surface area contributed by atoms with E-state index in [1.165, 1.54) is 0 Å². The zero-order valence-electron chi connectivity index (χ0n) is 6.34. The van der Waals surface area contributed by atoms with Crippen LogP contribution in [0.3, 0.4) is 0 Å². The molecule has 0 aliphatic carbocycles. The Balaban J connectivity index is 2.07. The van der Waals surface area contributed by atoms with Crippen molar-refractivity contribution in [3.8, 4) is 0 Å². The fourth-order valence-electron chi connectivity index (χ4n) is 1.09. The van der Waals surface area contributed by atoms with Crippen molar-refractivity contribution in [3.63, 3.8) is 0 Å². The molecule has 2 nitrogen and oxygen atoms in total. The van der Waals surface area contributed by atoms with E-state index in [1.54, 1.807) is 0 Å². The molecule has 0 saturated carbocycles. The second-order valence-corrected chi connectivity index (χ2v) is 2.49. The Bertz CT molecular complexity index is 95.4. The van der Waals surface area contributed by atoms with Crippen LogP contribution in [0.1, 0.15) is 6.42 Å². The fraction of sp³-hybridized carbons (Fsp3) is 0.625. The van der Waals surface area contributed by atoms with Crippen molar-refractivity contribution in [3.05, 3.63) is 19.2 Å². The highest BCUT2D eigenvalue weighted by atomic mass is 15.2. The van der Waals surface area contributed by atoms with E-state index in [-0.39, 0.29) is 0 Å². The number of hydrogen-bond acceptors (Lipinski definition) is 2. The van der Waals surface area contributed by atoms with Crippen LogP contribution in [0.15, 0.2) is 12.7 Å². The zero-order valence-corrected chi connectivity index (χ0v) is 6.34. The third-order valence-electron chi connectivity index (χ3n) is 1.68. The Morgan fingerprint density at radius 2 is 2.10 bits per heavy atom. The maximum atomic E-state index is 3.67. The summed E-state index contributed by atoms with van der Waals surface area (Å²) in [6, 6.07) is 0. The molecule has 1 N–H and O–H groups in total. The molecule has 1 aliphatic rings. The van der Waals surface area contributed by atoms with Gasteiger partial charge in [-0.3, -0.25) is 4.90 Å². The number of nitrogens with one attached hydrogen (secondary N) is 1. The molecule has 0 spiro atoms. The molecule has 57 valence electrons. The summed E-state index contributed by atoms with van der Waals surface area (Å²) in [5, 5.41) is 3.30. The fourth-order valence-corrected chi connectivity index (χ4v) is 1.09. The third kappa shape index (κ3) is 2.50. The molecule has 0 amide bonds. The summed E-state index contributed by atoms with van der Waals surface area (Å²) < 4.78 is 0. The van der Waals surface area contributed by atoms with Gasteiger partial charge in [-0.25, -0.2) is 0 Å². The van der Waals surface area contributed by atoms with Crippen molar-refractivity contribution in [1.82, 2.24) is 10.2 Å². The maximum Gasteiger partial charge on any atom is 0.0290 e. The molecule has 1 rings (SSSR count). The molecular formula is C8H15N2. The molecule has 0 aromatic rings. The Labute approximate surface area is 62.9 Å². The summed E-state index contributed by atoms with van der Waals surface area (Å²) >= 11 is 0. The largest absolute Gasteiger partial charge is 0.314 e. The van der Waals surface area contributed by atoms with Gasteiger partial charge in [-0.1, -0.05) is 6.08 Å². The first-order valence-corrected chi connectivity index (χ1v) is 3.82. The first-order valence-electron chi connectivity index (χ1n) is 3.82. The van der Waals surface area contributed by atoms with Crippen LogP contribution >= 0.6 is 0 Å². The van der Waals surface area contributed by atoms with Crippen molar-refractivity contribution in [2.24, 2.45) is 0 Å². The van der Waals surface area contributed by atoms with Gasteiger partial charge in [-0.05, 0) is 6.42 Å². The summed E-state index contributed by atoms with van der Waals surface area (Å²) in [5.41, 5.74) is 0. The van der Waals surface area contributed by atoms with Gasteiger partial charge in [0.2, 0.25) is 0 Å². The van der Waals surface area contributed by atoms with Crippen molar-refractivity contribution in [2.45, 2.75) is 6.42 Å². The number of rotatable bonds is 3. The van der Waals surface area contributed by atoms with Crippen LogP contribution in [0.2, 0.25) is 0 Å². The van der Waals surface area contributed by atoms with Gasteiger partial charge in [0.05, 0.1) is 0 Å². The quantitative estimate of drug-likeness (QED) is 0.577. The van der Waals surface area contributed by atoms with E-state index in [2.05, 4.69) is 23.3 Å². The van der Waals surface area contributed by atoms with Crippen molar-refractivity contribution >= 4 is 0 Å². The highest BCUT2D eigenvalue weighted by Gasteiger charge is 2.07. The van der Waals surface area contributed by atoms with E-state index in [0.717, 1.165) is 32.6 Å². The lowest BCUT2D eigenvalue weighted by molar-refractivity contribution is 0.288. The van der Waals surface area contributed by atoms with Crippen LogP contribution in [0.4, 0.5) is 0 Å². The van der Waals surface area contributed by atoms with Crippen LogP contribution in [0, 0.1) is 6.54 Å². The van der Waals surface area contributed by atoms with Gasteiger partial charge >= 0.3 is 0 Å². The molecule has 1 aliphatic heterocycles. The average molecular weight is 139 g/mol. The SMILES string of the molecule is C=CC[CH]N1CCNCC1. The van der Waals surface area contributed by atoms with Crippen LogP contribution < -0.4 is 5.32 Å². The number of hydrogen-bond donors (Lipinski definition) is 1. The zero-order chi connectivity index (χ0) is 7.23. The first kappa shape index (κ1) is 7.76. The lowest BCUT2D eigenvalue weighted by Crippen LogP contribution is -2.41. The molecular weight excluding hydrogens is 124 g/mol. The van der Waals surface area contributed by atoms with E-state index < -0.39 is 0 Å². The van der Waals surface area contributed by atoms with E-state index in [4.69, 9.17) is 0 Å². The Hall–Kier alpha value is -0.340. The van der Waals surface area contributed by atoms with Gasteiger partial charge < -0.3 is 5.32 Å². The molecule has 0 aromatic heterocycles. The van der Waals surface area contributed by atoms with Gasteiger partial charge in [0.1, 0.15) is 0 Å². The number of piperazine rings is 1. The highest BCUT2D eigenvalue weighted by Crippen LogP contribution is 1.98.